The number of carboxylic acids is 1. The molecule has 0 radical (unpaired) electrons. The summed E-state index contributed by atoms with van der Waals surface area (Å²) in [5.41, 5.74) is 0. The number of unbranched alkanes of at least 4 members (excludes halogenated alkanes) is 1. The van der Waals surface area contributed by atoms with Crippen molar-refractivity contribution in [2.75, 3.05) is 0 Å². The van der Waals surface area contributed by atoms with Crippen LogP contribution < -0.4 is 0 Å². The van der Waals surface area contributed by atoms with Gasteiger partial charge in [0.2, 0.25) is 0 Å². The average molecular weight is 218 g/mol. The van der Waals surface area contributed by atoms with Crippen LogP contribution in [0.5, 0.6) is 0 Å². The summed E-state index contributed by atoms with van der Waals surface area (Å²) in [6.45, 7) is 1.91. The topological polar surface area (TPSA) is 89.9 Å². The molecule has 0 heterocycles. The summed E-state index contributed by atoms with van der Waals surface area (Å²) in [5.74, 6) is -2.59. The number of carbonyl (C=O) groups is 3. The third-order valence-corrected chi connectivity index (χ3v) is 1.51. The highest BCUT2D eigenvalue weighted by Crippen LogP contribution is 1.99. The molecule has 0 atom stereocenters. The van der Waals surface area contributed by atoms with Crippen molar-refractivity contribution in [3.63, 3.8) is 0 Å². The van der Waals surface area contributed by atoms with Crippen molar-refractivity contribution in [3.8, 4) is 0 Å². The molecule has 6 nitrogen and oxygen atoms in total. The van der Waals surface area contributed by atoms with Crippen LogP contribution in [0.2, 0.25) is 0 Å². The van der Waals surface area contributed by atoms with Gasteiger partial charge in [0.25, 0.3) is 0 Å². The molecule has 15 heavy (non-hydrogen) atoms. The lowest BCUT2D eigenvalue weighted by atomic mass is 10.3. The molecule has 0 aliphatic carbocycles. The van der Waals surface area contributed by atoms with Gasteiger partial charge in [-0.2, -0.15) is 0 Å². The minimum Gasteiger partial charge on any atom is -0.481 e. The molecule has 0 amide bonds. The predicted molar refractivity (Wildman–Crippen MR) is 48.6 cm³/mol. The molecule has 0 aromatic heterocycles. The Morgan fingerprint density at radius 1 is 1.00 bits per heavy atom. The van der Waals surface area contributed by atoms with Crippen LogP contribution in [-0.2, 0) is 24.2 Å². The quantitative estimate of drug-likeness (QED) is 0.529. The molecule has 0 saturated carbocycles. The Morgan fingerprint density at radius 2 is 1.53 bits per heavy atom. The largest absolute Gasteiger partial charge is 0.481 e. The van der Waals surface area contributed by atoms with E-state index in [4.69, 9.17) is 5.11 Å². The highest BCUT2D eigenvalue weighted by molar-refractivity contribution is 5.77. The predicted octanol–water partition coefficient (Wildman–Crippen LogP) is 1.04. The molecule has 0 aliphatic heterocycles. The van der Waals surface area contributed by atoms with Gasteiger partial charge in [-0.25, -0.2) is 19.4 Å². The summed E-state index contributed by atoms with van der Waals surface area (Å²) in [7, 11) is 0. The maximum atomic E-state index is 10.8. The van der Waals surface area contributed by atoms with Gasteiger partial charge in [0.05, 0.1) is 19.3 Å². The summed E-state index contributed by atoms with van der Waals surface area (Å²) in [6.07, 6.45) is 1.03. The first-order valence-electron chi connectivity index (χ1n) is 4.68. The van der Waals surface area contributed by atoms with Crippen LogP contribution in [0.15, 0.2) is 0 Å². The van der Waals surface area contributed by atoms with Crippen molar-refractivity contribution in [3.05, 3.63) is 0 Å². The van der Waals surface area contributed by atoms with Gasteiger partial charge in [0.15, 0.2) is 0 Å². The van der Waals surface area contributed by atoms with Crippen LogP contribution in [0.4, 0.5) is 0 Å². The third-order valence-electron chi connectivity index (χ3n) is 1.51. The van der Waals surface area contributed by atoms with Crippen LogP contribution in [0.1, 0.15) is 39.0 Å². The number of hydrogen-bond acceptors (Lipinski definition) is 5. The molecule has 0 aliphatic rings. The second kappa shape index (κ2) is 7.78. The maximum Gasteiger partial charge on any atom is 0.356 e. The summed E-state index contributed by atoms with van der Waals surface area (Å²) < 4.78 is 0. The molecular formula is C9H14O6. The Labute approximate surface area is 87.1 Å². The van der Waals surface area contributed by atoms with E-state index in [9.17, 15) is 14.4 Å². The molecule has 0 unspecified atom stereocenters. The average Bonchev–Trinajstić information content (AvgIpc) is 2.20. The van der Waals surface area contributed by atoms with E-state index in [0.29, 0.717) is 6.42 Å². The molecule has 0 spiro atoms. The number of carboxylic acid groups (broad SMARTS) is 1. The van der Waals surface area contributed by atoms with Crippen molar-refractivity contribution in [2.45, 2.75) is 39.0 Å². The summed E-state index contributed by atoms with van der Waals surface area (Å²) in [6, 6.07) is 0. The highest BCUT2D eigenvalue weighted by Gasteiger charge is 2.10. The Bertz CT molecular complexity index is 235. The zero-order chi connectivity index (χ0) is 11.7. The fourth-order valence-corrected chi connectivity index (χ4v) is 0.706. The number of hydrogen-bond donors (Lipinski definition) is 1. The first-order valence-corrected chi connectivity index (χ1v) is 4.68. The summed E-state index contributed by atoms with van der Waals surface area (Å²) in [4.78, 5) is 39.9. The van der Waals surface area contributed by atoms with E-state index in [2.05, 4.69) is 9.78 Å². The van der Waals surface area contributed by atoms with E-state index in [1.165, 1.54) is 0 Å². The van der Waals surface area contributed by atoms with Crippen molar-refractivity contribution in [1.82, 2.24) is 0 Å². The monoisotopic (exact) mass is 218 g/mol. The van der Waals surface area contributed by atoms with E-state index in [1.54, 1.807) is 0 Å². The zero-order valence-corrected chi connectivity index (χ0v) is 8.52. The number of rotatable bonds is 6. The summed E-state index contributed by atoms with van der Waals surface area (Å²) >= 11 is 0. The van der Waals surface area contributed by atoms with E-state index < -0.39 is 17.9 Å². The third kappa shape index (κ3) is 8.73. The van der Waals surface area contributed by atoms with Gasteiger partial charge < -0.3 is 5.11 Å². The van der Waals surface area contributed by atoms with Gasteiger partial charge in [-0.05, 0) is 6.42 Å². The van der Waals surface area contributed by atoms with Crippen molar-refractivity contribution in [2.24, 2.45) is 0 Å². The minimum atomic E-state index is -1.11. The Hall–Kier alpha value is -1.59. The first-order chi connectivity index (χ1) is 7.06. The Morgan fingerprint density at radius 3 is 2.00 bits per heavy atom. The number of carbonyl (C=O) groups excluding carboxylic acids is 2. The van der Waals surface area contributed by atoms with Gasteiger partial charge in [-0.3, -0.25) is 4.79 Å². The minimum absolute atomic E-state index is 0.183. The van der Waals surface area contributed by atoms with Gasteiger partial charge in [0, 0.05) is 0 Å². The molecule has 0 aromatic rings. The lowest BCUT2D eigenvalue weighted by molar-refractivity contribution is -0.259. The van der Waals surface area contributed by atoms with E-state index in [0.717, 1.165) is 6.42 Å². The molecule has 86 valence electrons. The highest BCUT2D eigenvalue weighted by atomic mass is 17.2. The van der Waals surface area contributed by atoms with Crippen LogP contribution in [0.25, 0.3) is 0 Å². The van der Waals surface area contributed by atoms with Crippen molar-refractivity contribution < 1.29 is 29.3 Å². The molecule has 0 fully saturated rings. The SMILES string of the molecule is CCCCC(=O)OOC(=O)CCC(=O)O. The van der Waals surface area contributed by atoms with Crippen LogP contribution in [0.3, 0.4) is 0 Å². The van der Waals surface area contributed by atoms with Gasteiger partial charge in [0.1, 0.15) is 0 Å². The molecule has 1 N–H and O–H groups in total. The lowest BCUT2D eigenvalue weighted by Crippen LogP contribution is -2.12. The van der Waals surface area contributed by atoms with Crippen molar-refractivity contribution in [1.29, 1.82) is 0 Å². The first kappa shape index (κ1) is 13.4. The fraction of sp³-hybridized carbons (Fsp3) is 0.667. The normalized spacial score (nSPS) is 9.40. The Balaban J connectivity index is 3.53. The second-order valence-electron chi connectivity index (χ2n) is 2.91. The van der Waals surface area contributed by atoms with E-state index >= 15 is 0 Å². The second-order valence-corrected chi connectivity index (χ2v) is 2.91. The zero-order valence-electron chi connectivity index (χ0n) is 8.52. The smallest absolute Gasteiger partial charge is 0.356 e. The molecular weight excluding hydrogens is 204 g/mol. The lowest BCUT2D eigenvalue weighted by Gasteiger charge is -2.01. The summed E-state index contributed by atoms with van der Waals surface area (Å²) in [5, 5.41) is 8.24. The molecule has 0 bridgehead atoms. The van der Waals surface area contributed by atoms with E-state index in [1.807, 2.05) is 6.92 Å². The molecule has 0 rings (SSSR count). The van der Waals surface area contributed by atoms with Crippen LogP contribution in [-0.4, -0.2) is 23.0 Å². The molecule has 6 heteroatoms. The standard InChI is InChI=1S/C9H14O6/c1-2-3-4-8(12)14-15-9(13)6-5-7(10)11/h2-6H2,1H3,(H,10,11). The van der Waals surface area contributed by atoms with Gasteiger partial charge in [-0.1, -0.05) is 13.3 Å². The van der Waals surface area contributed by atoms with Gasteiger partial charge >= 0.3 is 17.9 Å². The maximum absolute atomic E-state index is 10.8. The van der Waals surface area contributed by atoms with Crippen molar-refractivity contribution >= 4 is 17.9 Å². The fourth-order valence-electron chi connectivity index (χ4n) is 0.706. The molecule has 0 aromatic carbocycles. The van der Waals surface area contributed by atoms with Crippen LogP contribution >= 0.6 is 0 Å². The van der Waals surface area contributed by atoms with Gasteiger partial charge in [-0.15, -0.1) is 0 Å². The number of aliphatic carboxylic acids is 1. The van der Waals surface area contributed by atoms with Crippen LogP contribution in [0, 0.1) is 0 Å². The molecule has 0 saturated heterocycles. The Kier molecular flexibility index (Phi) is 6.96. The van der Waals surface area contributed by atoms with E-state index in [-0.39, 0.29) is 19.3 Å².